The molecule has 0 radical (unpaired) electrons. The van der Waals surface area contributed by atoms with Gasteiger partial charge in [-0.15, -0.1) is 0 Å². The number of halogens is 3. The molecule has 30 heavy (non-hydrogen) atoms. The van der Waals surface area contributed by atoms with Crippen LogP contribution in [0.1, 0.15) is 45.2 Å². The van der Waals surface area contributed by atoms with Crippen LogP contribution in [0.3, 0.4) is 0 Å². The summed E-state index contributed by atoms with van der Waals surface area (Å²) >= 11 is 0. The van der Waals surface area contributed by atoms with Crippen molar-refractivity contribution in [3.63, 3.8) is 0 Å². The van der Waals surface area contributed by atoms with Gasteiger partial charge in [-0.2, -0.15) is 0 Å². The highest BCUT2D eigenvalue weighted by atomic mass is 19.1. The molecule has 0 aliphatic carbocycles. The van der Waals surface area contributed by atoms with Gasteiger partial charge in [-0.25, -0.2) is 13.2 Å². The molecule has 5 nitrogen and oxygen atoms in total. The third kappa shape index (κ3) is 3.85. The number of likely N-dealkylation sites (tertiary alicyclic amines) is 1. The molecular weight excluding hydrogens is 395 g/mol. The second-order valence-electron chi connectivity index (χ2n) is 7.35. The Hall–Kier alpha value is -3.42. The monoisotopic (exact) mass is 413 g/mol. The van der Waals surface area contributed by atoms with Crippen LogP contribution in [-0.4, -0.2) is 34.8 Å². The van der Waals surface area contributed by atoms with Crippen LogP contribution in [0.5, 0.6) is 0 Å². The summed E-state index contributed by atoms with van der Waals surface area (Å²) < 4.78 is 40.4. The zero-order valence-corrected chi connectivity index (χ0v) is 15.9. The lowest BCUT2D eigenvalue weighted by Crippen LogP contribution is -2.38. The van der Waals surface area contributed by atoms with Gasteiger partial charge < -0.3 is 10.6 Å². The van der Waals surface area contributed by atoms with Crippen molar-refractivity contribution in [2.45, 2.75) is 18.8 Å². The van der Waals surface area contributed by atoms with Gasteiger partial charge in [0.05, 0.1) is 16.8 Å². The van der Waals surface area contributed by atoms with Crippen molar-refractivity contribution in [2.24, 2.45) is 5.73 Å². The average molecular weight is 413 g/mol. The largest absolute Gasteiger partial charge is 0.366 e. The fourth-order valence-corrected chi connectivity index (χ4v) is 3.89. The zero-order valence-electron chi connectivity index (χ0n) is 15.9. The summed E-state index contributed by atoms with van der Waals surface area (Å²) in [4.78, 5) is 30.6. The average Bonchev–Trinajstić information content (AvgIpc) is 2.71. The SMILES string of the molecule is NC(=O)c1cc2cc(F)ccc2nc1C1CCN(C(=O)c2cc(F)cc(F)c2)CC1. The molecule has 0 unspecified atom stereocenters. The number of primary amides is 1. The second-order valence-corrected chi connectivity index (χ2v) is 7.35. The summed E-state index contributed by atoms with van der Waals surface area (Å²) in [5, 5.41) is 0.480. The van der Waals surface area contributed by atoms with Crippen LogP contribution < -0.4 is 5.73 Å². The highest BCUT2D eigenvalue weighted by Crippen LogP contribution is 2.31. The van der Waals surface area contributed by atoms with E-state index >= 15 is 0 Å². The number of aromatic nitrogens is 1. The van der Waals surface area contributed by atoms with E-state index in [-0.39, 0.29) is 17.0 Å². The predicted molar refractivity (Wildman–Crippen MR) is 104 cm³/mol. The minimum Gasteiger partial charge on any atom is -0.366 e. The van der Waals surface area contributed by atoms with Gasteiger partial charge in [0, 0.05) is 36.0 Å². The summed E-state index contributed by atoms with van der Waals surface area (Å²) in [7, 11) is 0. The Kier molecular flexibility index (Phi) is 5.15. The number of piperidine rings is 1. The van der Waals surface area contributed by atoms with Crippen LogP contribution >= 0.6 is 0 Å². The Balaban J connectivity index is 1.57. The Labute approximate surface area is 170 Å². The van der Waals surface area contributed by atoms with Crippen LogP contribution in [0, 0.1) is 17.5 Å². The topological polar surface area (TPSA) is 76.3 Å². The number of carbonyl (C=O) groups excluding carboxylic acids is 2. The molecule has 154 valence electrons. The van der Waals surface area contributed by atoms with E-state index in [1.807, 2.05) is 0 Å². The first-order valence-electron chi connectivity index (χ1n) is 9.47. The van der Waals surface area contributed by atoms with Crippen molar-refractivity contribution >= 4 is 22.7 Å². The van der Waals surface area contributed by atoms with Crippen molar-refractivity contribution in [1.29, 1.82) is 0 Å². The second kappa shape index (κ2) is 7.78. The van der Waals surface area contributed by atoms with Gasteiger partial charge in [0.15, 0.2) is 0 Å². The van der Waals surface area contributed by atoms with Gasteiger partial charge >= 0.3 is 0 Å². The van der Waals surface area contributed by atoms with Gasteiger partial charge in [0.25, 0.3) is 11.8 Å². The Bertz CT molecular complexity index is 1140. The molecule has 0 bridgehead atoms. The lowest BCUT2D eigenvalue weighted by atomic mass is 9.89. The number of fused-ring (bicyclic) bond motifs is 1. The Morgan fingerprint density at radius 1 is 0.933 bits per heavy atom. The van der Waals surface area contributed by atoms with E-state index in [2.05, 4.69) is 4.98 Å². The highest BCUT2D eigenvalue weighted by molar-refractivity contribution is 5.98. The zero-order chi connectivity index (χ0) is 21.4. The summed E-state index contributed by atoms with van der Waals surface area (Å²) in [6.07, 6.45) is 1.01. The summed E-state index contributed by atoms with van der Waals surface area (Å²) in [5.41, 5.74) is 6.77. The Morgan fingerprint density at radius 2 is 1.60 bits per heavy atom. The minimum absolute atomic E-state index is 0.0466. The molecule has 3 aromatic rings. The third-order valence-corrected chi connectivity index (χ3v) is 5.35. The van der Waals surface area contributed by atoms with E-state index in [0.29, 0.717) is 48.6 Å². The normalized spacial score (nSPS) is 14.8. The van der Waals surface area contributed by atoms with E-state index in [9.17, 15) is 22.8 Å². The van der Waals surface area contributed by atoms with E-state index in [1.54, 1.807) is 0 Å². The number of hydrogen-bond acceptors (Lipinski definition) is 3. The number of nitrogens with zero attached hydrogens (tertiary/aromatic N) is 2. The van der Waals surface area contributed by atoms with Crippen molar-refractivity contribution in [3.8, 4) is 0 Å². The van der Waals surface area contributed by atoms with Crippen LogP contribution in [0.25, 0.3) is 10.9 Å². The highest BCUT2D eigenvalue weighted by Gasteiger charge is 2.28. The molecule has 1 fully saturated rings. The molecular formula is C22H18F3N3O2. The fraction of sp³-hybridized carbons (Fsp3) is 0.227. The summed E-state index contributed by atoms with van der Waals surface area (Å²) in [5.74, 6) is -3.29. The number of carbonyl (C=O) groups is 2. The Morgan fingerprint density at radius 3 is 2.23 bits per heavy atom. The molecule has 2 aromatic carbocycles. The summed E-state index contributed by atoms with van der Waals surface area (Å²) in [6.45, 7) is 0.673. The first-order chi connectivity index (χ1) is 14.3. The molecule has 0 spiro atoms. The first-order valence-corrected chi connectivity index (χ1v) is 9.47. The fourth-order valence-electron chi connectivity index (χ4n) is 3.89. The van der Waals surface area contributed by atoms with Gasteiger partial charge in [-0.3, -0.25) is 14.6 Å². The van der Waals surface area contributed by atoms with Crippen LogP contribution in [0.15, 0.2) is 42.5 Å². The standard InChI is InChI=1S/C22H18F3N3O2/c23-15-1-2-19-13(7-15)10-18(21(26)29)20(27-19)12-3-5-28(6-4-12)22(30)14-8-16(24)11-17(25)9-14/h1-2,7-12H,3-6H2,(H2,26,29). The molecule has 8 heteroatoms. The number of nitrogens with two attached hydrogens (primary N) is 1. The maximum Gasteiger partial charge on any atom is 0.254 e. The molecule has 0 atom stereocenters. The van der Waals surface area contributed by atoms with Crippen molar-refractivity contribution < 1.29 is 22.8 Å². The van der Waals surface area contributed by atoms with Gasteiger partial charge in [0.1, 0.15) is 17.5 Å². The molecule has 0 saturated carbocycles. The van der Waals surface area contributed by atoms with E-state index in [0.717, 1.165) is 12.1 Å². The molecule has 2 heterocycles. The number of rotatable bonds is 3. The molecule has 2 N–H and O–H groups in total. The van der Waals surface area contributed by atoms with Crippen LogP contribution in [0.4, 0.5) is 13.2 Å². The van der Waals surface area contributed by atoms with E-state index < -0.39 is 29.3 Å². The number of benzene rings is 2. The van der Waals surface area contributed by atoms with Crippen molar-refractivity contribution in [2.75, 3.05) is 13.1 Å². The van der Waals surface area contributed by atoms with Crippen LogP contribution in [0.2, 0.25) is 0 Å². The lowest BCUT2D eigenvalue weighted by molar-refractivity contribution is 0.0710. The van der Waals surface area contributed by atoms with Gasteiger partial charge in [0.2, 0.25) is 0 Å². The molecule has 2 amide bonds. The maximum absolute atomic E-state index is 13.5. The molecule has 1 aliphatic rings. The number of hydrogen-bond donors (Lipinski definition) is 1. The van der Waals surface area contributed by atoms with Crippen molar-refractivity contribution in [3.05, 3.63) is 76.7 Å². The lowest BCUT2D eigenvalue weighted by Gasteiger charge is -2.32. The van der Waals surface area contributed by atoms with Gasteiger partial charge in [-0.1, -0.05) is 0 Å². The molecule has 1 aromatic heterocycles. The summed E-state index contributed by atoms with van der Waals surface area (Å²) in [6, 6.07) is 8.39. The van der Waals surface area contributed by atoms with Crippen LogP contribution in [-0.2, 0) is 0 Å². The van der Waals surface area contributed by atoms with E-state index in [4.69, 9.17) is 5.73 Å². The quantitative estimate of drug-likeness (QED) is 0.710. The number of pyridine rings is 1. The van der Waals surface area contributed by atoms with Crippen molar-refractivity contribution in [1.82, 2.24) is 9.88 Å². The number of amides is 2. The van der Waals surface area contributed by atoms with E-state index in [1.165, 1.54) is 29.2 Å². The minimum atomic E-state index is -0.809. The maximum atomic E-state index is 13.5. The first kappa shape index (κ1) is 19.9. The molecule has 1 saturated heterocycles. The predicted octanol–water partition coefficient (Wildman–Crippen LogP) is 3.77. The molecule has 1 aliphatic heterocycles. The van der Waals surface area contributed by atoms with Gasteiger partial charge in [-0.05, 0) is 49.2 Å². The molecule has 4 rings (SSSR count). The smallest absolute Gasteiger partial charge is 0.254 e. The third-order valence-electron chi connectivity index (χ3n) is 5.35.